The van der Waals surface area contributed by atoms with E-state index in [-0.39, 0.29) is 12.5 Å². The van der Waals surface area contributed by atoms with Crippen LogP contribution in [0.4, 0.5) is 18.9 Å². The Bertz CT molecular complexity index is 830. The predicted molar refractivity (Wildman–Crippen MR) is 95.1 cm³/mol. The first kappa shape index (κ1) is 19.0. The highest BCUT2D eigenvalue weighted by atomic mass is 19.3. The van der Waals surface area contributed by atoms with Gasteiger partial charge in [0.2, 0.25) is 0 Å². The lowest BCUT2D eigenvalue weighted by molar-refractivity contribution is -0.0521. The van der Waals surface area contributed by atoms with Gasteiger partial charge in [-0.25, -0.2) is 4.39 Å². The molecular weight excluding hydrogens is 355 g/mol. The third-order valence-electron chi connectivity index (χ3n) is 4.75. The molecule has 142 valence electrons. The number of hydrogen-bond donors (Lipinski definition) is 0. The molecule has 4 nitrogen and oxygen atoms in total. The Balaban J connectivity index is 2.00. The zero-order valence-corrected chi connectivity index (χ0v) is 15.0. The molecule has 0 N–H and O–H groups in total. The number of alkyl halides is 2. The van der Waals surface area contributed by atoms with Gasteiger partial charge in [0.05, 0.1) is 24.7 Å². The van der Waals surface area contributed by atoms with Gasteiger partial charge >= 0.3 is 6.61 Å². The van der Waals surface area contributed by atoms with Gasteiger partial charge in [-0.2, -0.15) is 14.0 Å². The number of halogens is 3. The number of nitriles is 1. The third kappa shape index (κ3) is 4.51. The van der Waals surface area contributed by atoms with E-state index in [0.29, 0.717) is 17.8 Å². The van der Waals surface area contributed by atoms with Crippen LogP contribution in [0.15, 0.2) is 30.5 Å². The van der Waals surface area contributed by atoms with E-state index < -0.39 is 18.2 Å². The fourth-order valence-corrected chi connectivity index (χ4v) is 3.14. The van der Waals surface area contributed by atoms with Crippen LogP contribution in [-0.4, -0.2) is 17.6 Å². The molecule has 1 fully saturated rings. The molecule has 3 rings (SSSR count). The number of ether oxygens (including phenoxy) is 1. The summed E-state index contributed by atoms with van der Waals surface area (Å²) in [5.74, 6) is -1.41. The number of pyridine rings is 1. The molecule has 0 unspecified atom stereocenters. The van der Waals surface area contributed by atoms with Crippen LogP contribution in [0.1, 0.15) is 36.1 Å². The zero-order chi connectivity index (χ0) is 19.4. The summed E-state index contributed by atoms with van der Waals surface area (Å²) in [7, 11) is 0. The molecule has 2 aromatic rings. The standard InChI is InChI=1S/C20H20F3N3O/c1-13-5-6-15(25-11-13)12-26(16-3-2-4-16)18-10-19(27-20(22)23)17(21)9-14(18)7-8-24/h5-6,9-11,16,20H,2-4,7,12H2,1H3. The van der Waals surface area contributed by atoms with Gasteiger partial charge in [-0.3, -0.25) is 4.98 Å². The number of hydrogen-bond acceptors (Lipinski definition) is 4. The van der Waals surface area contributed by atoms with E-state index in [2.05, 4.69) is 9.72 Å². The van der Waals surface area contributed by atoms with E-state index in [9.17, 15) is 13.2 Å². The normalized spacial score (nSPS) is 13.9. The Hall–Kier alpha value is -2.75. The Kier molecular flexibility index (Phi) is 5.84. The highest BCUT2D eigenvalue weighted by molar-refractivity contribution is 5.59. The molecule has 1 aliphatic rings. The van der Waals surface area contributed by atoms with Gasteiger partial charge in [-0.15, -0.1) is 0 Å². The third-order valence-corrected chi connectivity index (χ3v) is 4.75. The highest BCUT2D eigenvalue weighted by Gasteiger charge is 2.28. The van der Waals surface area contributed by atoms with Crippen LogP contribution in [0.25, 0.3) is 0 Å². The summed E-state index contributed by atoms with van der Waals surface area (Å²) in [5, 5.41) is 9.11. The number of aryl methyl sites for hydroxylation is 1. The summed E-state index contributed by atoms with van der Waals surface area (Å²) in [6, 6.07) is 8.46. The van der Waals surface area contributed by atoms with E-state index in [1.54, 1.807) is 6.20 Å². The molecule has 0 aliphatic heterocycles. The number of anilines is 1. The van der Waals surface area contributed by atoms with Crippen LogP contribution >= 0.6 is 0 Å². The minimum absolute atomic E-state index is 0.0221. The zero-order valence-electron chi connectivity index (χ0n) is 15.0. The van der Waals surface area contributed by atoms with Crippen molar-refractivity contribution < 1.29 is 17.9 Å². The summed E-state index contributed by atoms with van der Waals surface area (Å²) < 4.78 is 43.8. The van der Waals surface area contributed by atoms with Gasteiger partial charge in [0, 0.05) is 24.0 Å². The molecule has 1 aromatic heterocycles. The van der Waals surface area contributed by atoms with Crippen molar-refractivity contribution in [3.05, 3.63) is 53.1 Å². The number of aromatic nitrogens is 1. The number of rotatable bonds is 7. The molecule has 1 aromatic carbocycles. The molecule has 1 saturated carbocycles. The first-order valence-electron chi connectivity index (χ1n) is 8.80. The quantitative estimate of drug-likeness (QED) is 0.700. The maximum absolute atomic E-state index is 14.1. The van der Waals surface area contributed by atoms with Crippen molar-refractivity contribution in [3.8, 4) is 11.8 Å². The maximum atomic E-state index is 14.1. The van der Waals surface area contributed by atoms with Crippen molar-refractivity contribution in [1.82, 2.24) is 4.98 Å². The molecule has 27 heavy (non-hydrogen) atoms. The molecular formula is C20H20F3N3O. The van der Waals surface area contributed by atoms with Crippen LogP contribution in [0.2, 0.25) is 0 Å². The average molecular weight is 375 g/mol. The fourth-order valence-electron chi connectivity index (χ4n) is 3.14. The summed E-state index contributed by atoms with van der Waals surface area (Å²) in [6.45, 7) is -0.729. The summed E-state index contributed by atoms with van der Waals surface area (Å²) in [6.07, 6.45) is 4.70. The van der Waals surface area contributed by atoms with Crippen LogP contribution in [0, 0.1) is 24.1 Å². The van der Waals surface area contributed by atoms with Gasteiger partial charge in [0.25, 0.3) is 0 Å². The Morgan fingerprint density at radius 1 is 1.33 bits per heavy atom. The van der Waals surface area contributed by atoms with Gasteiger partial charge in [-0.05, 0) is 49.4 Å². The number of benzene rings is 1. The Morgan fingerprint density at radius 3 is 2.67 bits per heavy atom. The van der Waals surface area contributed by atoms with Crippen molar-refractivity contribution in [2.75, 3.05) is 4.90 Å². The first-order chi connectivity index (χ1) is 13.0. The van der Waals surface area contributed by atoms with Crippen LogP contribution in [0.5, 0.6) is 5.75 Å². The summed E-state index contributed by atoms with van der Waals surface area (Å²) in [5.41, 5.74) is 2.85. The molecule has 7 heteroatoms. The van der Waals surface area contributed by atoms with Crippen molar-refractivity contribution >= 4 is 5.69 Å². The minimum atomic E-state index is -3.12. The summed E-state index contributed by atoms with van der Waals surface area (Å²) in [4.78, 5) is 6.44. The van der Waals surface area contributed by atoms with Crippen LogP contribution < -0.4 is 9.64 Å². The van der Waals surface area contributed by atoms with Crippen LogP contribution in [-0.2, 0) is 13.0 Å². The Morgan fingerprint density at radius 2 is 2.11 bits per heavy atom. The van der Waals surface area contributed by atoms with E-state index >= 15 is 0 Å². The average Bonchev–Trinajstić information content (AvgIpc) is 2.57. The van der Waals surface area contributed by atoms with E-state index in [1.165, 1.54) is 6.07 Å². The molecule has 0 amide bonds. The Labute approximate surface area is 156 Å². The molecule has 1 aliphatic carbocycles. The van der Waals surface area contributed by atoms with Crippen molar-refractivity contribution in [2.24, 2.45) is 0 Å². The molecule has 0 bridgehead atoms. The van der Waals surface area contributed by atoms with Gasteiger partial charge < -0.3 is 9.64 Å². The smallest absolute Gasteiger partial charge is 0.387 e. The molecule has 0 radical (unpaired) electrons. The van der Waals surface area contributed by atoms with E-state index in [1.807, 2.05) is 30.0 Å². The van der Waals surface area contributed by atoms with E-state index in [0.717, 1.165) is 36.6 Å². The second-order valence-electron chi connectivity index (χ2n) is 6.66. The van der Waals surface area contributed by atoms with Gasteiger partial charge in [0.1, 0.15) is 0 Å². The summed E-state index contributed by atoms with van der Waals surface area (Å²) >= 11 is 0. The lowest BCUT2D eigenvalue weighted by atomic mass is 9.90. The monoisotopic (exact) mass is 375 g/mol. The maximum Gasteiger partial charge on any atom is 0.387 e. The van der Waals surface area contributed by atoms with Crippen molar-refractivity contribution in [3.63, 3.8) is 0 Å². The largest absolute Gasteiger partial charge is 0.432 e. The lowest BCUT2D eigenvalue weighted by Gasteiger charge is -2.40. The van der Waals surface area contributed by atoms with Gasteiger partial charge in [0.15, 0.2) is 11.6 Å². The second-order valence-corrected chi connectivity index (χ2v) is 6.66. The molecule has 0 saturated heterocycles. The highest BCUT2D eigenvalue weighted by Crippen LogP contribution is 2.37. The topological polar surface area (TPSA) is 49.1 Å². The van der Waals surface area contributed by atoms with Gasteiger partial charge in [-0.1, -0.05) is 6.07 Å². The first-order valence-corrected chi connectivity index (χ1v) is 8.80. The molecule has 1 heterocycles. The van der Waals surface area contributed by atoms with Crippen LogP contribution in [0.3, 0.4) is 0 Å². The lowest BCUT2D eigenvalue weighted by Crippen LogP contribution is -2.40. The molecule has 0 atom stereocenters. The van der Waals surface area contributed by atoms with E-state index in [4.69, 9.17) is 5.26 Å². The van der Waals surface area contributed by atoms with Crippen molar-refractivity contribution in [1.29, 1.82) is 5.26 Å². The SMILES string of the molecule is Cc1ccc(CN(c2cc(OC(F)F)c(F)cc2CC#N)C2CCC2)nc1. The number of nitrogens with zero attached hydrogens (tertiary/aromatic N) is 3. The predicted octanol–water partition coefficient (Wildman–Crippen LogP) is 4.76. The molecule has 0 spiro atoms. The van der Waals surface area contributed by atoms with Crippen molar-refractivity contribution in [2.45, 2.75) is 51.8 Å². The minimum Gasteiger partial charge on any atom is -0.432 e. The second kappa shape index (κ2) is 8.30. The fraction of sp³-hybridized carbons (Fsp3) is 0.400.